The van der Waals surface area contributed by atoms with Crippen LogP contribution in [-0.2, 0) is 15.8 Å². The number of hydrogen-bond acceptors (Lipinski definition) is 3. The fourth-order valence-corrected chi connectivity index (χ4v) is 1.60. The average Bonchev–Trinajstić information content (AvgIpc) is 2.44. The second-order valence-electron chi connectivity index (χ2n) is 4.98. The number of carbonyl (C=O) groups excluding carboxylic acids is 2. The Labute approximate surface area is 125 Å². The average molecular weight is 318 g/mol. The maximum absolute atomic E-state index is 12.8. The summed E-state index contributed by atoms with van der Waals surface area (Å²) in [5.74, 6) is -2.27. The first-order valence-corrected chi connectivity index (χ1v) is 6.53. The summed E-state index contributed by atoms with van der Waals surface area (Å²) < 4.78 is 38.3. The zero-order chi connectivity index (χ0) is 16.9. The van der Waals surface area contributed by atoms with Crippen LogP contribution in [-0.4, -0.2) is 30.1 Å². The molecule has 0 aliphatic rings. The van der Waals surface area contributed by atoms with Crippen molar-refractivity contribution in [2.75, 3.05) is 18.5 Å². The number of alkyl halides is 3. The molecule has 1 aromatic rings. The van der Waals surface area contributed by atoms with E-state index in [1.54, 1.807) is 6.92 Å². The van der Waals surface area contributed by atoms with Gasteiger partial charge in [-0.2, -0.15) is 13.2 Å². The van der Waals surface area contributed by atoms with Crippen molar-refractivity contribution in [3.8, 4) is 0 Å². The molecule has 0 aliphatic carbocycles. The lowest BCUT2D eigenvalue weighted by atomic mass is 10.1. The predicted octanol–water partition coefficient (Wildman–Crippen LogP) is 1.70. The van der Waals surface area contributed by atoms with E-state index in [4.69, 9.17) is 5.11 Å². The fraction of sp³-hybridized carbons (Fsp3) is 0.429. The van der Waals surface area contributed by atoms with Gasteiger partial charge in [-0.15, -0.1) is 0 Å². The minimum atomic E-state index is -4.54. The van der Waals surface area contributed by atoms with Gasteiger partial charge in [-0.05, 0) is 30.5 Å². The van der Waals surface area contributed by atoms with Gasteiger partial charge in [0.25, 0.3) is 0 Å². The van der Waals surface area contributed by atoms with Crippen molar-refractivity contribution in [1.29, 1.82) is 0 Å². The van der Waals surface area contributed by atoms with E-state index in [0.717, 1.165) is 6.07 Å². The summed E-state index contributed by atoms with van der Waals surface area (Å²) in [6.07, 6.45) is -4.54. The van der Waals surface area contributed by atoms with Crippen molar-refractivity contribution in [2.45, 2.75) is 20.0 Å². The monoisotopic (exact) mass is 318 g/mol. The molecule has 0 bridgehead atoms. The first-order valence-electron chi connectivity index (χ1n) is 6.53. The summed E-state index contributed by atoms with van der Waals surface area (Å²) in [4.78, 5) is 23.1. The highest BCUT2D eigenvalue weighted by atomic mass is 19.4. The van der Waals surface area contributed by atoms with E-state index in [2.05, 4.69) is 10.6 Å². The van der Waals surface area contributed by atoms with Gasteiger partial charge < -0.3 is 15.7 Å². The van der Waals surface area contributed by atoms with Crippen LogP contribution in [0, 0.1) is 12.8 Å². The van der Waals surface area contributed by atoms with Gasteiger partial charge >= 0.3 is 18.0 Å². The first-order chi connectivity index (χ1) is 10.1. The molecule has 22 heavy (non-hydrogen) atoms. The van der Waals surface area contributed by atoms with Crippen molar-refractivity contribution in [2.24, 2.45) is 5.92 Å². The van der Waals surface area contributed by atoms with E-state index in [1.165, 1.54) is 19.1 Å². The first kappa shape index (κ1) is 18.0. The van der Waals surface area contributed by atoms with Crippen LogP contribution >= 0.6 is 0 Å². The summed E-state index contributed by atoms with van der Waals surface area (Å²) in [5, 5.41) is 13.2. The highest BCUT2D eigenvalue weighted by Crippen LogP contribution is 2.33. The molecular weight excluding hydrogens is 301 g/mol. The Kier molecular flexibility index (Phi) is 5.92. The number of halogens is 3. The normalized spacial score (nSPS) is 12.6. The highest BCUT2D eigenvalue weighted by Gasteiger charge is 2.32. The zero-order valence-electron chi connectivity index (χ0n) is 12.1. The van der Waals surface area contributed by atoms with E-state index in [-0.39, 0.29) is 30.3 Å². The second kappa shape index (κ2) is 7.26. The van der Waals surface area contributed by atoms with E-state index in [9.17, 15) is 22.8 Å². The Morgan fingerprint density at radius 2 is 1.91 bits per heavy atom. The van der Waals surface area contributed by atoms with Crippen LogP contribution in [0.4, 0.5) is 18.9 Å². The SMILES string of the molecule is Cc1ccc(NC(=O)C(=O)NCC(C)CO)cc1C(F)(F)F. The van der Waals surface area contributed by atoms with Gasteiger partial charge in [-0.25, -0.2) is 0 Å². The topological polar surface area (TPSA) is 78.4 Å². The molecule has 122 valence electrons. The molecule has 0 fully saturated rings. The molecule has 1 rings (SSSR count). The van der Waals surface area contributed by atoms with Crippen molar-refractivity contribution in [3.63, 3.8) is 0 Å². The number of nitrogens with one attached hydrogen (secondary N) is 2. The highest BCUT2D eigenvalue weighted by molar-refractivity contribution is 6.39. The molecule has 8 heteroatoms. The minimum absolute atomic E-state index is 0.0201. The maximum atomic E-state index is 12.8. The molecule has 0 radical (unpaired) electrons. The number of carbonyl (C=O) groups is 2. The lowest BCUT2D eigenvalue weighted by Crippen LogP contribution is -2.38. The number of rotatable bonds is 4. The summed E-state index contributed by atoms with van der Waals surface area (Å²) >= 11 is 0. The van der Waals surface area contributed by atoms with Crippen LogP contribution in [0.1, 0.15) is 18.1 Å². The number of aryl methyl sites for hydroxylation is 1. The number of aliphatic hydroxyl groups is 1. The zero-order valence-corrected chi connectivity index (χ0v) is 12.1. The molecule has 0 heterocycles. The fourth-order valence-electron chi connectivity index (χ4n) is 1.60. The molecule has 0 spiro atoms. The maximum Gasteiger partial charge on any atom is 0.416 e. The van der Waals surface area contributed by atoms with Crippen LogP contribution in [0.5, 0.6) is 0 Å². The van der Waals surface area contributed by atoms with E-state index >= 15 is 0 Å². The van der Waals surface area contributed by atoms with E-state index in [1.807, 2.05) is 0 Å². The molecule has 0 saturated carbocycles. The Hall–Kier alpha value is -2.09. The number of anilines is 1. The number of benzene rings is 1. The van der Waals surface area contributed by atoms with E-state index in [0.29, 0.717) is 0 Å². The van der Waals surface area contributed by atoms with Gasteiger partial charge in [0.15, 0.2) is 0 Å². The van der Waals surface area contributed by atoms with Gasteiger partial charge in [-0.1, -0.05) is 13.0 Å². The standard InChI is InChI=1S/C14H17F3N2O3/c1-8(7-20)6-18-12(21)13(22)19-10-4-3-9(2)11(5-10)14(15,16)17/h3-5,8,20H,6-7H2,1-2H3,(H,18,21)(H,19,22). The lowest BCUT2D eigenvalue weighted by molar-refractivity contribution is -0.138. The van der Waals surface area contributed by atoms with Gasteiger partial charge in [0, 0.05) is 18.8 Å². The van der Waals surface area contributed by atoms with Crippen LogP contribution in [0.2, 0.25) is 0 Å². The predicted molar refractivity (Wildman–Crippen MR) is 74.1 cm³/mol. The molecular formula is C14H17F3N2O3. The quantitative estimate of drug-likeness (QED) is 0.739. The molecule has 3 N–H and O–H groups in total. The molecule has 0 aromatic heterocycles. The van der Waals surface area contributed by atoms with Crippen molar-refractivity contribution in [3.05, 3.63) is 29.3 Å². The van der Waals surface area contributed by atoms with Gasteiger partial charge in [0.2, 0.25) is 0 Å². The Balaban J connectivity index is 2.74. The van der Waals surface area contributed by atoms with Gasteiger partial charge in [0.1, 0.15) is 0 Å². The van der Waals surface area contributed by atoms with Crippen LogP contribution < -0.4 is 10.6 Å². The minimum Gasteiger partial charge on any atom is -0.396 e. The number of aliphatic hydroxyl groups excluding tert-OH is 1. The van der Waals surface area contributed by atoms with Gasteiger partial charge in [0.05, 0.1) is 5.56 Å². The third-order valence-electron chi connectivity index (χ3n) is 2.93. The molecule has 1 atom stereocenters. The number of amides is 2. The van der Waals surface area contributed by atoms with Crippen LogP contribution in [0.3, 0.4) is 0 Å². The molecule has 5 nitrogen and oxygen atoms in total. The summed E-state index contributed by atoms with van der Waals surface area (Å²) in [7, 11) is 0. The summed E-state index contributed by atoms with van der Waals surface area (Å²) in [5.41, 5.74) is -0.973. The third kappa shape index (κ3) is 5.03. The Morgan fingerprint density at radius 1 is 1.27 bits per heavy atom. The third-order valence-corrected chi connectivity index (χ3v) is 2.93. The molecule has 2 amide bonds. The smallest absolute Gasteiger partial charge is 0.396 e. The molecule has 1 aromatic carbocycles. The Bertz CT molecular complexity index is 559. The van der Waals surface area contributed by atoms with Crippen molar-refractivity contribution in [1.82, 2.24) is 5.32 Å². The number of hydrogen-bond donors (Lipinski definition) is 3. The second-order valence-corrected chi connectivity index (χ2v) is 4.98. The molecule has 0 aliphatic heterocycles. The van der Waals surface area contributed by atoms with Crippen LogP contribution in [0.25, 0.3) is 0 Å². The molecule has 1 unspecified atom stereocenters. The van der Waals surface area contributed by atoms with E-state index < -0.39 is 23.6 Å². The summed E-state index contributed by atoms with van der Waals surface area (Å²) in [6, 6.07) is 3.27. The largest absolute Gasteiger partial charge is 0.416 e. The van der Waals surface area contributed by atoms with Crippen molar-refractivity contribution >= 4 is 17.5 Å². The Morgan fingerprint density at radius 3 is 2.45 bits per heavy atom. The summed E-state index contributed by atoms with van der Waals surface area (Å²) in [6.45, 7) is 2.89. The van der Waals surface area contributed by atoms with Crippen LogP contribution in [0.15, 0.2) is 18.2 Å². The lowest BCUT2D eigenvalue weighted by Gasteiger charge is -2.13. The molecule has 0 saturated heterocycles. The van der Waals surface area contributed by atoms with Crippen molar-refractivity contribution < 1.29 is 27.9 Å². The van der Waals surface area contributed by atoms with Gasteiger partial charge in [-0.3, -0.25) is 9.59 Å².